The highest BCUT2D eigenvalue weighted by atomic mass is 32.2. The van der Waals surface area contributed by atoms with Crippen LogP contribution in [0.3, 0.4) is 0 Å². The molecule has 0 radical (unpaired) electrons. The van der Waals surface area contributed by atoms with E-state index in [4.69, 9.17) is 0 Å². The van der Waals surface area contributed by atoms with Crippen molar-refractivity contribution in [3.8, 4) is 0 Å². The number of nitro groups is 1. The topological polar surface area (TPSA) is 58.4 Å². The van der Waals surface area contributed by atoms with Gasteiger partial charge in [-0.2, -0.15) is 0 Å². The highest BCUT2D eigenvalue weighted by Crippen LogP contribution is 2.30. The number of hydrogen-bond acceptors (Lipinski definition) is 5. The van der Waals surface area contributed by atoms with Gasteiger partial charge in [-0.3, -0.25) is 10.1 Å². The van der Waals surface area contributed by atoms with Gasteiger partial charge in [0.1, 0.15) is 0 Å². The number of benzene rings is 1. The molecule has 1 saturated heterocycles. The molecule has 1 aliphatic rings. The molecule has 2 rings (SSSR count). The van der Waals surface area contributed by atoms with Crippen LogP contribution in [-0.4, -0.2) is 30.0 Å². The van der Waals surface area contributed by atoms with E-state index in [2.05, 4.69) is 5.32 Å². The van der Waals surface area contributed by atoms with Gasteiger partial charge in [0, 0.05) is 25.0 Å². The molecular weight excluding hydrogens is 250 g/mol. The third-order valence-corrected chi connectivity index (χ3v) is 3.77. The van der Waals surface area contributed by atoms with Crippen LogP contribution in [0.15, 0.2) is 40.0 Å². The second-order valence-electron chi connectivity index (χ2n) is 4.17. The van der Waals surface area contributed by atoms with Gasteiger partial charge in [0.15, 0.2) is 5.82 Å². The zero-order valence-electron chi connectivity index (χ0n) is 10.3. The van der Waals surface area contributed by atoms with Gasteiger partial charge in [-0.25, -0.2) is 0 Å². The number of likely N-dealkylation sites (N-methyl/N-ethyl adjacent to an activating group) is 1. The van der Waals surface area contributed by atoms with Crippen LogP contribution in [0.5, 0.6) is 0 Å². The molecule has 1 aromatic rings. The molecule has 0 spiro atoms. The fourth-order valence-electron chi connectivity index (χ4n) is 1.72. The van der Waals surface area contributed by atoms with Gasteiger partial charge >= 0.3 is 5.03 Å². The number of rotatable bonds is 3. The van der Waals surface area contributed by atoms with Crippen LogP contribution >= 0.6 is 11.8 Å². The Morgan fingerprint density at radius 2 is 2.11 bits per heavy atom. The Morgan fingerprint density at radius 1 is 1.44 bits per heavy atom. The number of aryl methyl sites for hydroxylation is 1. The van der Waals surface area contributed by atoms with E-state index >= 15 is 0 Å². The second-order valence-corrected chi connectivity index (χ2v) is 5.24. The van der Waals surface area contributed by atoms with Crippen molar-refractivity contribution >= 4 is 11.8 Å². The highest BCUT2D eigenvalue weighted by Gasteiger charge is 2.26. The SMILES string of the molecule is Cc1ccc(SC(=C2NCCN2C)[N+](=O)[O-])cc1. The molecule has 1 aliphatic heterocycles. The normalized spacial score (nSPS) is 17.6. The zero-order valence-corrected chi connectivity index (χ0v) is 11.2. The third-order valence-electron chi connectivity index (χ3n) is 2.73. The first kappa shape index (κ1) is 12.8. The quantitative estimate of drug-likeness (QED) is 0.515. The lowest BCUT2D eigenvalue weighted by atomic mass is 10.2. The minimum Gasteiger partial charge on any atom is -0.364 e. The molecule has 6 heteroatoms. The van der Waals surface area contributed by atoms with Gasteiger partial charge in [-0.15, -0.1) is 0 Å². The molecule has 0 atom stereocenters. The fourth-order valence-corrected chi connectivity index (χ4v) is 2.61. The molecule has 0 saturated carbocycles. The van der Waals surface area contributed by atoms with Crippen LogP contribution < -0.4 is 5.32 Å². The summed E-state index contributed by atoms with van der Waals surface area (Å²) in [5, 5.41) is 14.4. The summed E-state index contributed by atoms with van der Waals surface area (Å²) in [5.74, 6) is 0.602. The van der Waals surface area contributed by atoms with Crippen molar-refractivity contribution in [3.63, 3.8) is 0 Å². The number of thioether (sulfide) groups is 1. The van der Waals surface area contributed by atoms with Crippen LogP contribution in [-0.2, 0) is 0 Å². The minimum absolute atomic E-state index is 0.152. The average Bonchev–Trinajstić information content (AvgIpc) is 2.74. The van der Waals surface area contributed by atoms with E-state index in [1.807, 2.05) is 43.1 Å². The summed E-state index contributed by atoms with van der Waals surface area (Å²) in [7, 11) is 1.86. The van der Waals surface area contributed by atoms with Gasteiger partial charge in [-0.1, -0.05) is 17.7 Å². The van der Waals surface area contributed by atoms with Crippen LogP contribution in [0.2, 0.25) is 0 Å². The van der Waals surface area contributed by atoms with E-state index in [1.54, 1.807) is 0 Å². The molecule has 1 fully saturated rings. The lowest BCUT2D eigenvalue weighted by Gasteiger charge is -2.11. The molecular formula is C12H15N3O2S. The van der Waals surface area contributed by atoms with E-state index in [1.165, 1.54) is 11.8 Å². The van der Waals surface area contributed by atoms with Gasteiger partial charge in [0.25, 0.3) is 0 Å². The minimum atomic E-state index is -0.325. The predicted octanol–water partition coefficient (Wildman–Crippen LogP) is 2.03. The maximum atomic E-state index is 11.2. The van der Waals surface area contributed by atoms with Crippen LogP contribution in [0.25, 0.3) is 0 Å². The summed E-state index contributed by atoms with van der Waals surface area (Å²) in [4.78, 5) is 13.6. The molecule has 0 aromatic heterocycles. The lowest BCUT2D eigenvalue weighted by molar-refractivity contribution is -0.412. The third kappa shape index (κ3) is 2.76. The molecule has 18 heavy (non-hydrogen) atoms. The molecule has 0 bridgehead atoms. The Hall–Kier alpha value is -1.69. The molecule has 0 amide bonds. The monoisotopic (exact) mass is 265 g/mol. The van der Waals surface area contributed by atoms with Crippen molar-refractivity contribution in [2.75, 3.05) is 20.1 Å². The molecule has 1 heterocycles. The smallest absolute Gasteiger partial charge is 0.347 e. The van der Waals surface area contributed by atoms with Crippen molar-refractivity contribution in [1.29, 1.82) is 0 Å². The molecule has 0 unspecified atom stereocenters. The van der Waals surface area contributed by atoms with Crippen LogP contribution in [0.1, 0.15) is 5.56 Å². The summed E-state index contributed by atoms with van der Waals surface area (Å²) < 4.78 is 0. The average molecular weight is 265 g/mol. The van der Waals surface area contributed by atoms with Crippen LogP contribution in [0.4, 0.5) is 0 Å². The first-order chi connectivity index (χ1) is 8.58. The van der Waals surface area contributed by atoms with Crippen molar-refractivity contribution in [2.24, 2.45) is 0 Å². The summed E-state index contributed by atoms with van der Waals surface area (Å²) in [6, 6.07) is 7.71. The maximum absolute atomic E-state index is 11.2. The van der Waals surface area contributed by atoms with Crippen LogP contribution in [0, 0.1) is 17.0 Å². The van der Waals surface area contributed by atoms with E-state index in [0.29, 0.717) is 5.82 Å². The summed E-state index contributed by atoms with van der Waals surface area (Å²) >= 11 is 1.18. The van der Waals surface area contributed by atoms with Gasteiger partial charge in [0.2, 0.25) is 0 Å². The number of hydrogen-bond donors (Lipinski definition) is 1. The summed E-state index contributed by atoms with van der Waals surface area (Å²) in [6.07, 6.45) is 0. The Morgan fingerprint density at radius 3 is 2.61 bits per heavy atom. The van der Waals surface area contributed by atoms with Crippen molar-refractivity contribution in [3.05, 3.63) is 50.8 Å². The van der Waals surface area contributed by atoms with Crippen molar-refractivity contribution in [1.82, 2.24) is 10.2 Å². The summed E-state index contributed by atoms with van der Waals surface area (Å²) in [5.41, 5.74) is 1.14. The zero-order chi connectivity index (χ0) is 13.1. The Kier molecular flexibility index (Phi) is 3.76. The van der Waals surface area contributed by atoms with Gasteiger partial charge in [-0.05, 0) is 30.8 Å². The van der Waals surface area contributed by atoms with E-state index < -0.39 is 0 Å². The van der Waals surface area contributed by atoms with E-state index in [-0.39, 0.29) is 9.95 Å². The standard InChI is InChI=1S/C12H15N3O2S/c1-9-3-5-10(6-4-9)18-12(15(16)17)11-13-7-8-14(11)2/h3-6,13H,7-8H2,1-2H3. The first-order valence-corrected chi connectivity index (χ1v) is 6.48. The Balaban J connectivity index is 2.27. The van der Waals surface area contributed by atoms with Gasteiger partial charge in [0.05, 0.1) is 4.92 Å². The lowest BCUT2D eigenvalue weighted by Crippen LogP contribution is -2.18. The largest absolute Gasteiger partial charge is 0.364 e. The first-order valence-electron chi connectivity index (χ1n) is 5.66. The molecule has 5 nitrogen and oxygen atoms in total. The molecule has 1 N–H and O–H groups in total. The maximum Gasteiger partial charge on any atom is 0.347 e. The van der Waals surface area contributed by atoms with Crippen molar-refractivity contribution in [2.45, 2.75) is 11.8 Å². The van der Waals surface area contributed by atoms with Gasteiger partial charge < -0.3 is 10.2 Å². The predicted molar refractivity (Wildman–Crippen MR) is 71.7 cm³/mol. The Labute approximate surface area is 110 Å². The summed E-state index contributed by atoms with van der Waals surface area (Å²) in [6.45, 7) is 3.53. The van der Waals surface area contributed by atoms with E-state index in [0.717, 1.165) is 23.5 Å². The molecule has 96 valence electrons. The number of nitrogens with zero attached hydrogens (tertiary/aromatic N) is 2. The fraction of sp³-hybridized carbons (Fsp3) is 0.333. The Bertz CT molecular complexity index is 485. The van der Waals surface area contributed by atoms with Crippen molar-refractivity contribution < 1.29 is 4.92 Å². The number of nitrogens with one attached hydrogen (secondary N) is 1. The highest BCUT2D eigenvalue weighted by molar-refractivity contribution is 8.02. The molecule has 0 aliphatic carbocycles. The second kappa shape index (κ2) is 5.30. The molecule has 1 aromatic carbocycles. The van der Waals surface area contributed by atoms with E-state index in [9.17, 15) is 10.1 Å².